The Hall–Kier alpha value is -3.24. The third-order valence-electron chi connectivity index (χ3n) is 4.92. The van der Waals surface area contributed by atoms with Crippen molar-refractivity contribution in [2.24, 2.45) is 12.1 Å². The second-order valence-electron chi connectivity index (χ2n) is 6.89. The molecule has 0 N–H and O–H groups in total. The van der Waals surface area contributed by atoms with Crippen LogP contribution in [0.5, 0.6) is 0 Å². The van der Waals surface area contributed by atoms with Crippen molar-refractivity contribution in [3.63, 3.8) is 0 Å². The Kier molecular flexibility index (Phi) is 5.39. The number of furan rings is 1. The molecule has 0 saturated carbocycles. The van der Waals surface area contributed by atoms with Gasteiger partial charge in [-0.2, -0.15) is 5.10 Å². The normalized spacial score (nSPS) is 16.0. The van der Waals surface area contributed by atoms with E-state index in [4.69, 9.17) is 4.42 Å². The number of hydrogen-bond acceptors (Lipinski definition) is 8. The summed E-state index contributed by atoms with van der Waals surface area (Å²) in [6.45, 7) is 0. The number of thiophene rings is 1. The summed E-state index contributed by atoms with van der Waals surface area (Å²) < 4.78 is 7.46. The highest BCUT2D eigenvalue weighted by molar-refractivity contribution is 7.99. The Morgan fingerprint density at radius 2 is 2.19 bits per heavy atom. The molecule has 0 aliphatic carbocycles. The zero-order valence-corrected chi connectivity index (χ0v) is 18.2. The Bertz CT molecular complexity index is 1200. The van der Waals surface area contributed by atoms with Crippen LogP contribution in [0.3, 0.4) is 0 Å². The molecule has 0 aromatic carbocycles. The van der Waals surface area contributed by atoms with E-state index in [1.807, 2.05) is 53.4 Å². The van der Waals surface area contributed by atoms with Crippen molar-refractivity contribution in [1.82, 2.24) is 24.8 Å². The number of thioether (sulfide) groups is 1. The van der Waals surface area contributed by atoms with Gasteiger partial charge in [-0.15, -0.1) is 21.5 Å². The van der Waals surface area contributed by atoms with E-state index >= 15 is 0 Å². The molecule has 4 aromatic heterocycles. The van der Waals surface area contributed by atoms with Gasteiger partial charge in [0.2, 0.25) is 0 Å². The Morgan fingerprint density at radius 1 is 1.26 bits per heavy atom. The fourth-order valence-corrected chi connectivity index (χ4v) is 4.90. The average Bonchev–Trinajstić information content (AvgIpc) is 3.59. The summed E-state index contributed by atoms with van der Waals surface area (Å²) in [7, 11) is 1.88. The maximum absolute atomic E-state index is 13.1. The van der Waals surface area contributed by atoms with Crippen molar-refractivity contribution >= 4 is 34.7 Å². The standard InChI is InChI=1S/C21H18N6O2S2/c1-26-20(14-5-2-8-22-12-14)23-24-21(26)31-13-19(28)27-16(17-6-3-9-29-17)11-15(25-27)18-7-4-10-30-18/h2-10,12,16H,11,13H2,1H3/t16-/m1/s1. The van der Waals surface area contributed by atoms with Crippen LogP contribution in [0.4, 0.5) is 0 Å². The van der Waals surface area contributed by atoms with E-state index in [0.717, 1.165) is 21.9 Å². The van der Waals surface area contributed by atoms with Gasteiger partial charge >= 0.3 is 0 Å². The molecule has 1 amide bonds. The van der Waals surface area contributed by atoms with Gasteiger partial charge in [-0.3, -0.25) is 9.78 Å². The van der Waals surface area contributed by atoms with E-state index in [0.29, 0.717) is 17.4 Å². The van der Waals surface area contributed by atoms with Crippen LogP contribution in [0.1, 0.15) is 23.1 Å². The maximum Gasteiger partial charge on any atom is 0.253 e. The summed E-state index contributed by atoms with van der Waals surface area (Å²) in [6, 6.07) is 11.2. The monoisotopic (exact) mass is 450 g/mol. The molecule has 1 aliphatic heterocycles. The SMILES string of the molecule is Cn1c(SCC(=O)N2N=C(c3cccs3)C[C@@H]2c2ccco2)nnc1-c1cccnc1. The number of aromatic nitrogens is 4. The number of nitrogens with zero attached hydrogens (tertiary/aromatic N) is 6. The van der Waals surface area contributed by atoms with Gasteiger partial charge in [-0.25, -0.2) is 5.01 Å². The molecule has 1 aliphatic rings. The maximum atomic E-state index is 13.1. The highest BCUT2D eigenvalue weighted by Crippen LogP contribution is 2.35. The third kappa shape index (κ3) is 3.91. The van der Waals surface area contributed by atoms with Gasteiger partial charge in [-0.05, 0) is 35.7 Å². The van der Waals surface area contributed by atoms with Crippen LogP contribution in [-0.2, 0) is 11.8 Å². The smallest absolute Gasteiger partial charge is 0.253 e. The number of carbonyl (C=O) groups excluding carboxylic acids is 1. The van der Waals surface area contributed by atoms with Crippen molar-refractivity contribution < 1.29 is 9.21 Å². The highest BCUT2D eigenvalue weighted by atomic mass is 32.2. The first-order valence-corrected chi connectivity index (χ1v) is 11.5. The fourth-order valence-electron chi connectivity index (χ4n) is 3.41. The first-order chi connectivity index (χ1) is 15.2. The van der Waals surface area contributed by atoms with Crippen LogP contribution in [0.25, 0.3) is 11.4 Å². The second-order valence-corrected chi connectivity index (χ2v) is 8.78. The number of rotatable bonds is 6. The minimum absolute atomic E-state index is 0.108. The zero-order chi connectivity index (χ0) is 21.2. The third-order valence-corrected chi connectivity index (χ3v) is 6.85. The van der Waals surface area contributed by atoms with Crippen molar-refractivity contribution in [3.8, 4) is 11.4 Å². The molecule has 8 nitrogen and oxygen atoms in total. The number of carbonyl (C=O) groups is 1. The van der Waals surface area contributed by atoms with E-state index in [9.17, 15) is 4.79 Å². The lowest BCUT2D eigenvalue weighted by Crippen LogP contribution is -2.28. The van der Waals surface area contributed by atoms with E-state index in [-0.39, 0.29) is 17.7 Å². The highest BCUT2D eigenvalue weighted by Gasteiger charge is 2.35. The fraction of sp³-hybridized carbons (Fsp3) is 0.190. The van der Waals surface area contributed by atoms with E-state index < -0.39 is 0 Å². The Labute approximate surface area is 186 Å². The summed E-state index contributed by atoms with van der Waals surface area (Å²) in [4.78, 5) is 18.3. The van der Waals surface area contributed by atoms with Gasteiger partial charge in [0.25, 0.3) is 5.91 Å². The largest absolute Gasteiger partial charge is 0.467 e. The minimum Gasteiger partial charge on any atom is -0.467 e. The first kappa shape index (κ1) is 19.7. The number of hydrogen-bond donors (Lipinski definition) is 0. The quantitative estimate of drug-likeness (QED) is 0.413. The van der Waals surface area contributed by atoms with Crippen LogP contribution in [0.15, 0.2) is 75.1 Å². The summed E-state index contributed by atoms with van der Waals surface area (Å²) in [5.41, 5.74) is 1.77. The molecule has 0 spiro atoms. The Balaban J connectivity index is 1.34. The first-order valence-electron chi connectivity index (χ1n) is 9.60. The van der Waals surface area contributed by atoms with E-state index in [2.05, 4.69) is 20.3 Å². The molecule has 0 fully saturated rings. The lowest BCUT2D eigenvalue weighted by molar-refractivity contribution is -0.130. The molecule has 5 heterocycles. The molecular weight excluding hydrogens is 432 g/mol. The van der Waals surface area contributed by atoms with Crippen molar-refractivity contribution in [2.75, 3.05) is 5.75 Å². The van der Waals surface area contributed by atoms with Gasteiger partial charge in [0.1, 0.15) is 11.8 Å². The molecular formula is C21H18N6O2S2. The minimum atomic E-state index is -0.245. The lowest BCUT2D eigenvalue weighted by Gasteiger charge is -2.19. The molecule has 1 atom stereocenters. The van der Waals surface area contributed by atoms with Gasteiger partial charge in [0.15, 0.2) is 11.0 Å². The van der Waals surface area contributed by atoms with Crippen LogP contribution in [-0.4, -0.2) is 42.1 Å². The van der Waals surface area contributed by atoms with Crippen molar-refractivity contribution in [2.45, 2.75) is 17.6 Å². The molecule has 4 aromatic rings. The molecule has 5 rings (SSSR count). The van der Waals surface area contributed by atoms with Crippen LogP contribution < -0.4 is 0 Å². The average molecular weight is 451 g/mol. The van der Waals surface area contributed by atoms with Crippen molar-refractivity contribution in [1.29, 1.82) is 0 Å². The number of hydrazone groups is 1. The molecule has 0 unspecified atom stereocenters. The molecule has 10 heteroatoms. The van der Waals surface area contributed by atoms with Gasteiger partial charge < -0.3 is 8.98 Å². The lowest BCUT2D eigenvalue weighted by atomic mass is 10.1. The summed E-state index contributed by atoms with van der Waals surface area (Å²) >= 11 is 2.95. The predicted molar refractivity (Wildman–Crippen MR) is 119 cm³/mol. The number of pyridine rings is 1. The van der Waals surface area contributed by atoms with Gasteiger partial charge in [0.05, 0.1) is 22.6 Å². The summed E-state index contributed by atoms with van der Waals surface area (Å²) in [5.74, 6) is 1.52. The molecule has 0 bridgehead atoms. The van der Waals surface area contributed by atoms with Gasteiger partial charge in [0, 0.05) is 31.4 Å². The molecule has 0 radical (unpaired) electrons. The van der Waals surface area contributed by atoms with E-state index in [1.54, 1.807) is 35.0 Å². The van der Waals surface area contributed by atoms with Crippen LogP contribution in [0.2, 0.25) is 0 Å². The van der Waals surface area contributed by atoms with Gasteiger partial charge in [-0.1, -0.05) is 17.8 Å². The van der Waals surface area contributed by atoms with E-state index in [1.165, 1.54) is 11.8 Å². The second kappa shape index (κ2) is 8.48. The summed E-state index contributed by atoms with van der Waals surface area (Å²) in [5, 5.41) is 17.3. The van der Waals surface area contributed by atoms with Crippen LogP contribution in [0, 0.1) is 0 Å². The summed E-state index contributed by atoms with van der Waals surface area (Å²) in [6.07, 6.45) is 5.70. The Morgan fingerprint density at radius 3 is 2.94 bits per heavy atom. The molecule has 31 heavy (non-hydrogen) atoms. The molecule has 156 valence electrons. The van der Waals surface area contributed by atoms with Crippen molar-refractivity contribution in [3.05, 3.63) is 71.1 Å². The topological polar surface area (TPSA) is 89.4 Å². The number of amides is 1. The zero-order valence-electron chi connectivity index (χ0n) is 16.6. The predicted octanol–water partition coefficient (Wildman–Crippen LogP) is 4.00. The molecule has 0 saturated heterocycles. The van der Waals surface area contributed by atoms with Crippen LogP contribution >= 0.6 is 23.1 Å².